The number of carbonyl (C=O) groups is 1. The summed E-state index contributed by atoms with van der Waals surface area (Å²) in [5, 5.41) is 0. The number of hydrogen-bond acceptors (Lipinski definition) is 4. The van der Waals surface area contributed by atoms with E-state index in [0.717, 1.165) is 24.3 Å². The summed E-state index contributed by atoms with van der Waals surface area (Å²) in [6, 6.07) is 9.07. The van der Waals surface area contributed by atoms with Crippen LogP contribution >= 0.6 is 0 Å². The minimum Gasteiger partial charge on any atom is -0.337 e. The molecule has 0 N–H and O–H groups in total. The zero-order chi connectivity index (χ0) is 22.9. The fourth-order valence-electron chi connectivity index (χ4n) is 3.49. The van der Waals surface area contributed by atoms with Crippen molar-refractivity contribution < 1.29 is 26.7 Å². The van der Waals surface area contributed by atoms with Gasteiger partial charge in [-0.25, -0.2) is 18.7 Å². The molecule has 1 aliphatic heterocycles. The lowest BCUT2D eigenvalue weighted by Gasteiger charge is -2.34. The third kappa shape index (κ3) is 4.68. The van der Waals surface area contributed by atoms with E-state index in [0.29, 0.717) is 36.4 Å². The van der Waals surface area contributed by atoms with E-state index < -0.39 is 29.3 Å². The topological polar surface area (TPSA) is 49.3 Å². The van der Waals surface area contributed by atoms with Crippen LogP contribution in [-0.2, 0) is 6.18 Å². The summed E-state index contributed by atoms with van der Waals surface area (Å²) in [6.45, 7) is 1.26. The zero-order valence-electron chi connectivity index (χ0n) is 16.6. The average Bonchev–Trinajstić information content (AvgIpc) is 2.78. The highest BCUT2D eigenvalue weighted by atomic mass is 19.4. The third-order valence-electron chi connectivity index (χ3n) is 5.09. The SMILES string of the molecule is O=C(c1cc(F)cc(F)c1)N1CCN(c2nccc(-c3cccc(C(F)(F)F)c3)n2)CC1. The fourth-order valence-corrected chi connectivity index (χ4v) is 3.49. The Morgan fingerprint density at radius 2 is 1.59 bits per heavy atom. The molecule has 2 aromatic carbocycles. The third-order valence-corrected chi connectivity index (χ3v) is 5.09. The van der Waals surface area contributed by atoms with E-state index in [2.05, 4.69) is 9.97 Å². The predicted octanol–water partition coefficient (Wildman–Crippen LogP) is 4.40. The standard InChI is InChI=1S/C22H17F5N4O/c23-17-11-15(12-18(24)13-17)20(32)30-6-8-31(9-7-30)21-28-5-4-19(29-21)14-2-1-3-16(10-14)22(25,26)27/h1-5,10-13H,6-9H2. The van der Waals surface area contributed by atoms with Gasteiger partial charge in [-0.15, -0.1) is 0 Å². The molecular formula is C22H17F5N4O. The smallest absolute Gasteiger partial charge is 0.337 e. The van der Waals surface area contributed by atoms with Gasteiger partial charge in [-0.05, 0) is 30.3 Å². The van der Waals surface area contributed by atoms with Gasteiger partial charge in [-0.3, -0.25) is 4.79 Å². The molecule has 1 amide bonds. The second-order valence-corrected chi connectivity index (χ2v) is 7.26. The average molecular weight is 448 g/mol. The molecule has 1 saturated heterocycles. The van der Waals surface area contributed by atoms with Crippen LogP contribution < -0.4 is 4.90 Å². The first-order chi connectivity index (χ1) is 15.2. The van der Waals surface area contributed by atoms with Crippen molar-refractivity contribution in [3.8, 4) is 11.3 Å². The number of carbonyl (C=O) groups excluding carboxylic acids is 1. The Hall–Kier alpha value is -3.56. The molecule has 5 nitrogen and oxygen atoms in total. The van der Waals surface area contributed by atoms with Crippen molar-refractivity contribution in [3.05, 3.63) is 77.5 Å². The molecule has 4 rings (SSSR count). The second kappa shape index (κ2) is 8.52. The van der Waals surface area contributed by atoms with Gasteiger partial charge in [-0.2, -0.15) is 13.2 Å². The molecular weight excluding hydrogens is 431 g/mol. The van der Waals surface area contributed by atoms with Crippen LogP contribution in [0, 0.1) is 11.6 Å². The lowest BCUT2D eigenvalue weighted by molar-refractivity contribution is -0.137. The van der Waals surface area contributed by atoms with Crippen molar-refractivity contribution in [1.29, 1.82) is 0 Å². The molecule has 0 saturated carbocycles. The van der Waals surface area contributed by atoms with Crippen molar-refractivity contribution in [2.24, 2.45) is 0 Å². The highest BCUT2D eigenvalue weighted by Gasteiger charge is 2.30. The van der Waals surface area contributed by atoms with Gasteiger partial charge in [0.15, 0.2) is 0 Å². The number of amides is 1. The number of anilines is 1. The van der Waals surface area contributed by atoms with Gasteiger partial charge in [0.2, 0.25) is 5.95 Å². The van der Waals surface area contributed by atoms with E-state index in [1.807, 2.05) is 0 Å². The number of hydrogen-bond donors (Lipinski definition) is 0. The van der Waals surface area contributed by atoms with E-state index in [9.17, 15) is 26.7 Å². The van der Waals surface area contributed by atoms with Crippen LogP contribution in [0.25, 0.3) is 11.3 Å². The van der Waals surface area contributed by atoms with Crippen LogP contribution in [0.4, 0.5) is 27.9 Å². The molecule has 2 heterocycles. The van der Waals surface area contributed by atoms with Gasteiger partial charge in [0.1, 0.15) is 11.6 Å². The van der Waals surface area contributed by atoms with E-state index in [-0.39, 0.29) is 18.7 Å². The first-order valence-corrected chi connectivity index (χ1v) is 9.72. The van der Waals surface area contributed by atoms with Gasteiger partial charge in [0.05, 0.1) is 11.3 Å². The van der Waals surface area contributed by atoms with Gasteiger partial charge in [-0.1, -0.05) is 12.1 Å². The number of aromatic nitrogens is 2. The Balaban J connectivity index is 1.47. The van der Waals surface area contributed by atoms with E-state index in [1.165, 1.54) is 29.3 Å². The lowest BCUT2D eigenvalue weighted by atomic mass is 10.1. The van der Waals surface area contributed by atoms with Gasteiger partial charge >= 0.3 is 6.18 Å². The number of rotatable bonds is 3. The summed E-state index contributed by atoms with van der Waals surface area (Å²) in [7, 11) is 0. The van der Waals surface area contributed by atoms with Gasteiger partial charge < -0.3 is 9.80 Å². The largest absolute Gasteiger partial charge is 0.416 e. The Labute approximate surface area is 180 Å². The number of halogens is 5. The first kappa shape index (κ1) is 21.7. The molecule has 0 bridgehead atoms. The number of alkyl halides is 3. The van der Waals surface area contributed by atoms with E-state index in [4.69, 9.17) is 0 Å². The maximum atomic E-state index is 13.4. The highest BCUT2D eigenvalue weighted by Crippen LogP contribution is 2.32. The number of piperazine rings is 1. The molecule has 0 unspecified atom stereocenters. The Kier molecular flexibility index (Phi) is 5.77. The molecule has 1 aliphatic rings. The monoisotopic (exact) mass is 448 g/mol. The maximum Gasteiger partial charge on any atom is 0.416 e. The number of nitrogens with zero attached hydrogens (tertiary/aromatic N) is 4. The van der Waals surface area contributed by atoms with Crippen molar-refractivity contribution >= 4 is 11.9 Å². The summed E-state index contributed by atoms with van der Waals surface area (Å²) in [5.74, 6) is -1.82. The summed E-state index contributed by atoms with van der Waals surface area (Å²) in [5.41, 5.74) is -0.185. The van der Waals surface area contributed by atoms with Crippen LogP contribution in [0.3, 0.4) is 0 Å². The minimum absolute atomic E-state index is 0.0706. The molecule has 32 heavy (non-hydrogen) atoms. The Morgan fingerprint density at radius 3 is 2.25 bits per heavy atom. The van der Waals surface area contributed by atoms with Crippen LogP contribution in [0.2, 0.25) is 0 Å². The molecule has 0 aliphatic carbocycles. The highest BCUT2D eigenvalue weighted by molar-refractivity contribution is 5.94. The second-order valence-electron chi connectivity index (χ2n) is 7.26. The molecule has 0 spiro atoms. The normalized spacial score (nSPS) is 14.5. The fraction of sp³-hybridized carbons (Fsp3) is 0.227. The molecule has 1 aromatic heterocycles. The van der Waals surface area contributed by atoms with Gasteiger partial charge in [0.25, 0.3) is 5.91 Å². The van der Waals surface area contributed by atoms with Crippen molar-refractivity contribution in [3.63, 3.8) is 0 Å². The molecule has 3 aromatic rings. The summed E-state index contributed by atoms with van der Waals surface area (Å²) >= 11 is 0. The van der Waals surface area contributed by atoms with Gasteiger partial charge in [0, 0.05) is 49.6 Å². The van der Waals surface area contributed by atoms with E-state index in [1.54, 1.807) is 4.90 Å². The van der Waals surface area contributed by atoms with Crippen LogP contribution in [-0.4, -0.2) is 47.0 Å². The molecule has 1 fully saturated rings. The Bertz CT molecular complexity index is 1120. The predicted molar refractivity (Wildman–Crippen MR) is 107 cm³/mol. The van der Waals surface area contributed by atoms with E-state index >= 15 is 0 Å². The molecule has 0 atom stereocenters. The summed E-state index contributed by atoms with van der Waals surface area (Å²) < 4.78 is 65.8. The molecule has 166 valence electrons. The van der Waals surface area contributed by atoms with Crippen molar-refractivity contribution in [2.45, 2.75) is 6.18 Å². The molecule has 0 radical (unpaired) electrons. The van der Waals surface area contributed by atoms with Crippen molar-refractivity contribution in [2.75, 3.05) is 31.1 Å². The van der Waals surface area contributed by atoms with Crippen LogP contribution in [0.5, 0.6) is 0 Å². The number of benzene rings is 2. The van der Waals surface area contributed by atoms with Crippen LogP contribution in [0.1, 0.15) is 15.9 Å². The van der Waals surface area contributed by atoms with Crippen molar-refractivity contribution in [1.82, 2.24) is 14.9 Å². The first-order valence-electron chi connectivity index (χ1n) is 9.72. The summed E-state index contributed by atoms with van der Waals surface area (Å²) in [6.07, 6.45) is -3.00. The zero-order valence-corrected chi connectivity index (χ0v) is 16.6. The van der Waals surface area contributed by atoms with Crippen LogP contribution in [0.15, 0.2) is 54.7 Å². The lowest BCUT2D eigenvalue weighted by Crippen LogP contribution is -2.49. The summed E-state index contributed by atoms with van der Waals surface area (Å²) in [4.78, 5) is 24.4. The Morgan fingerprint density at radius 1 is 0.906 bits per heavy atom. The minimum atomic E-state index is -4.46. The quantitative estimate of drug-likeness (QED) is 0.558. The molecule has 10 heteroatoms. The maximum absolute atomic E-state index is 13.4.